The van der Waals surface area contributed by atoms with Crippen molar-refractivity contribution in [3.05, 3.63) is 28.2 Å². The van der Waals surface area contributed by atoms with Gasteiger partial charge in [0.1, 0.15) is 5.01 Å². The molecule has 1 aliphatic heterocycles. The number of amides is 1. The Balaban J connectivity index is 0.00000192. The van der Waals surface area contributed by atoms with Crippen LogP contribution in [0.3, 0.4) is 0 Å². The van der Waals surface area contributed by atoms with Gasteiger partial charge < -0.3 is 15.8 Å². The summed E-state index contributed by atoms with van der Waals surface area (Å²) >= 11 is 7.50. The summed E-state index contributed by atoms with van der Waals surface area (Å²) in [5, 5.41) is 4.40. The fourth-order valence-electron chi connectivity index (χ4n) is 2.59. The molecule has 0 aliphatic carbocycles. The molecule has 126 valence electrons. The second-order valence-corrected chi connectivity index (χ2v) is 6.96. The molecule has 1 amide bonds. The van der Waals surface area contributed by atoms with E-state index in [0.29, 0.717) is 24.8 Å². The lowest BCUT2D eigenvalue weighted by molar-refractivity contribution is -0.124. The van der Waals surface area contributed by atoms with E-state index in [1.54, 1.807) is 11.3 Å². The first-order valence-corrected chi connectivity index (χ1v) is 8.49. The van der Waals surface area contributed by atoms with Crippen molar-refractivity contribution in [1.29, 1.82) is 0 Å². The second kappa shape index (κ2) is 8.26. The minimum atomic E-state index is -0.479. The van der Waals surface area contributed by atoms with Gasteiger partial charge in [0.05, 0.1) is 22.8 Å². The Bertz CT molecular complexity index is 674. The van der Waals surface area contributed by atoms with E-state index in [9.17, 15) is 4.79 Å². The van der Waals surface area contributed by atoms with Crippen LogP contribution in [-0.4, -0.2) is 30.1 Å². The van der Waals surface area contributed by atoms with Crippen molar-refractivity contribution in [2.75, 3.05) is 13.2 Å². The molecule has 8 heteroatoms. The maximum Gasteiger partial charge on any atom is 0.237 e. The summed E-state index contributed by atoms with van der Waals surface area (Å²) in [5.41, 5.74) is 6.91. The number of carbonyl (C=O) groups is 1. The van der Waals surface area contributed by atoms with Gasteiger partial charge in [-0.25, -0.2) is 4.98 Å². The Hall–Kier alpha value is -0.920. The molecule has 1 saturated heterocycles. The first-order valence-electron chi connectivity index (χ1n) is 7.29. The fourth-order valence-corrected chi connectivity index (χ4v) is 3.65. The van der Waals surface area contributed by atoms with Crippen LogP contribution in [0.1, 0.15) is 17.8 Å². The maximum atomic E-state index is 12.2. The van der Waals surface area contributed by atoms with Gasteiger partial charge in [0.2, 0.25) is 5.91 Å². The van der Waals surface area contributed by atoms with E-state index in [1.165, 1.54) is 0 Å². The first-order chi connectivity index (χ1) is 10.6. The number of nitrogens with two attached hydrogens (primary N) is 1. The minimum absolute atomic E-state index is 0. The average molecular weight is 376 g/mol. The number of rotatable bonds is 4. The van der Waals surface area contributed by atoms with E-state index in [4.69, 9.17) is 22.1 Å². The molecule has 3 N–H and O–H groups in total. The van der Waals surface area contributed by atoms with Crippen molar-refractivity contribution in [1.82, 2.24) is 10.3 Å². The van der Waals surface area contributed by atoms with Crippen molar-refractivity contribution in [2.45, 2.75) is 25.4 Å². The number of hydrogen-bond acceptors (Lipinski definition) is 5. The summed E-state index contributed by atoms with van der Waals surface area (Å²) in [6, 6.07) is 5.12. The molecule has 0 bridgehead atoms. The second-order valence-electron chi connectivity index (χ2n) is 5.41. The van der Waals surface area contributed by atoms with Crippen LogP contribution in [-0.2, 0) is 16.1 Å². The molecule has 23 heavy (non-hydrogen) atoms. The number of carbonyl (C=O) groups excluding carboxylic acids is 1. The molecule has 2 heterocycles. The Morgan fingerprint density at radius 1 is 1.48 bits per heavy atom. The minimum Gasteiger partial charge on any atom is -0.381 e. The monoisotopic (exact) mass is 375 g/mol. The largest absolute Gasteiger partial charge is 0.381 e. The third-order valence-corrected chi connectivity index (χ3v) is 5.16. The molecule has 2 aromatic rings. The summed E-state index contributed by atoms with van der Waals surface area (Å²) in [7, 11) is 0. The quantitative estimate of drug-likeness (QED) is 0.860. The molecule has 3 rings (SSSR count). The third kappa shape index (κ3) is 4.55. The molecule has 1 unspecified atom stereocenters. The summed E-state index contributed by atoms with van der Waals surface area (Å²) in [4.78, 5) is 16.6. The molecule has 1 atom stereocenters. The zero-order valence-electron chi connectivity index (χ0n) is 12.5. The van der Waals surface area contributed by atoms with Crippen LogP contribution in [0.25, 0.3) is 10.2 Å². The third-order valence-electron chi connectivity index (χ3n) is 3.88. The molecule has 1 aromatic carbocycles. The highest BCUT2D eigenvalue weighted by Crippen LogP contribution is 2.25. The van der Waals surface area contributed by atoms with Crippen LogP contribution in [0.2, 0.25) is 5.02 Å². The molecule has 1 fully saturated rings. The van der Waals surface area contributed by atoms with E-state index in [-0.39, 0.29) is 24.2 Å². The number of nitrogens with zero attached hydrogens (tertiary/aromatic N) is 1. The van der Waals surface area contributed by atoms with Crippen LogP contribution in [0.4, 0.5) is 0 Å². The molecular weight excluding hydrogens is 357 g/mol. The van der Waals surface area contributed by atoms with E-state index >= 15 is 0 Å². The number of benzene rings is 1. The van der Waals surface area contributed by atoms with Gasteiger partial charge >= 0.3 is 0 Å². The average Bonchev–Trinajstić information content (AvgIpc) is 2.94. The zero-order valence-corrected chi connectivity index (χ0v) is 14.8. The molecule has 0 saturated carbocycles. The smallest absolute Gasteiger partial charge is 0.237 e. The van der Waals surface area contributed by atoms with Crippen molar-refractivity contribution >= 4 is 51.5 Å². The molecule has 5 nitrogen and oxygen atoms in total. The van der Waals surface area contributed by atoms with Gasteiger partial charge in [0, 0.05) is 18.2 Å². The molecule has 1 aliphatic rings. The zero-order chi connectivity index (χ0) is 15.5. The van der Waals surface area contributed by atoms with Gasteiger partial charge in [-0.2, -0.15) is 0 Å². The standard InChI is InChI=1S/C15H18ClN3O2S.ClH/c16-10-1-2-12-11(7-10)19-13(22-12)8-18-15(20)14(17)9-3-5-21-6-4-9;/h1-2,7,9,14H,3-6,8,17H2,(H,18,20);1H. The van der Waals surface area contributed by atoms with E-state index < -0.39 is 6.04 Å². The summed E-state index contributed by atoms with van der Waals surface area (Å²) in [6.07, 6.45) is 1.68. The summed E-state index contributed by atoms with van der Waals surface area (Å²) in [6.45, 7) is 1.77. The first kappa shape index (κ1) is 18.4. The highest BCUT2D eigenvalue weighted by Gasteiger charge is 2.26. The number of ether oxygens (including phenoxy) is 1. The normalized spacial score (nSPS) is 16.8. The van der Waals surface area contributed by atoms with Crippen LogP contribution in [0.5, 0.6) is 0 Å². The molecule has 0 radical (unpaired) electrons. The lowest BCUT2D eigenvalue weighted by Crippen LogP contribution is -2.46. The summed E-state index contributed by atoms with van der Waals surface area (Å²) in [5.74, 6) is 0.0760. The van der Waals surface area contributed by atoms with E-state index in [0.717, 1.165) is 28.1 Å². The predicted molar refractivity (Wildman–Crippen MR) is 95.2 cm³/mol. The Morgan fingerprint density at radius 3 is 2.96 bits per heavy atom. The number of fused-ring (bicyclic) bond motifs is 1. The van der Waals surface area contributed by atoms with Gasteiger partial charge in [0.15, 0.2) is 0 Å². The molecular formula is C15H19Cl2N3O2S. The number of aromatic nitrogens is 1. The van der Waals surface area contributed by atoms with Gasteiger partial charge in [-0.1, -0.05) is 11.6 Å². The summed E-state index contributed by atoms with van der Waals surface area (Å²) < 4.78 is 6.35. The fraction of sp³-hybridized carbons (Fsp3) is 0.467. The number of nitrogens with one attached hydrogen (secondary N) is 1. The van der Waals surface area contributed by atoms with E-state index in [1.807, 2.05) is 18.2 Å². The van der Waals surface area contributed by atoms with E-state index in [2.05, 4.69) is 10.3 Å². The highest BCUT2D eigenvalue weighted by molar-refractivity contribution is 7.18. The van der Waals surface area contributed by atoms with Gasteiger partial charge in [0.25, 0.3) is 0 Å². The van der Waals surface area contributed by atoms with Crippen molar-refractivity contribution in [3.8, 4) is 0 Å². The SMILES string of the molecule is Cl.NC(C(=O)NCc1nc2cc(Cl)ccc2s1)C1CCOCC1. The molecule has 0 spiro atoms. The highest BCUT2D eigenvalue weighted by atomic mass is 35.5. The number of halogens is 2. The topological polar surface area (TPSA) is 77.2 Å². The van der Waals surface area contributed by atoms with Crippen LogP contribution >= 0.6 is 35.3 Å². The van der Waals surface area contributed by atoms with Crippen LogP contribution in [0, 0.1) is 5.92 Å². The van der Waals surface area contributed by atoms with Crippen molar-refractivity contribution in [3.63, 3.8) is 0 Å². The Labute approximate surface area is 150 Å². The van der Waals surface area contributed by atoms with Crippen molar-refractivity contribution in [2.24, 2.45) is 11.7 Å². The number of hydrogen-bond donors (Lipinski definition) is 2. The van der Waals surface area contributed by atoms with Gasteiger partial charge in [-0.15, -0.1) is 23.7 Å². The molecule has 1 aromatic heterocycles. The lowest BCUT2D eigenvalue weighted by Gasteiger charge is -2.26. The van der Waals surface area contributed by atoms with Crippen LogP contribution < -0.4 is 11.1 Å². The number of thiazole rings is 1. The Kier molecular flexibility index (Phi) is 6.61. The van der Waals surface area contributed by atoms with Gasteiger partial charge in [-0.05, 0) is 37.0 Å². The lowest BCUT2D eigenvalue weighted by atomic mass is 9.92. The Morgan fingerprint density at radius 2 is 2.22 bits per heavy atom. The van der Waals surface area contributed by atoms with Crippen LogP contribution in [0.15, 0.2) is 18.2 Å². The predicted octanol–water partition coefficient (Wildman–Crippen LogP) is 2.74. The van der Waals surface area contributed by atoms with Crippen molar-refractivity contribution < 1.29 is 9.53 Å². The van der Waals surface area contributed by atoms with Gasteiger partial charge in [-0.3, -0.25) is 4.79 Å². The maximum absolute atomic E-state index is 12.2.